The molecule has 0 radical (unpaired) electrons. The van der Waals surface area contributed by atoms with Gasteiger partial charge in [-0.15, -0.1) is 11.3 Å². The summed E-state index contributed by atoms with van der Waals surface area (Å²) in [6, 6.07) is 34.7. The Labute approximate surface area is 326 Å². The van der Waals surface area contributed by atoms with Gasteiger partial charge in [-0.05, 0) is 93.3 Å². The van der Waals surface area contributed by atoms with Gasteiger partial charge in [0.05, 0.1) is 11.0 Å². The van der Waals surface area contributed by atoms with E-state index in [1.807, 2.05) is 78.9 Å². The number of aryl methyl sites for hydroxylation is 2. The lowest BCUT2D eigenvalue weighted by Crippen LogP contribution is -1.94. The predicted molar refractivity (Wildman–Crippen MR) is 247 cm³/mol. The van der Waals surface area contributed by atoms with E-state index in [4.69, 9.17) is 0 Å². The first-order valence-corrected chi connectivity index (χ1v) is 21.8. The lowest BCUT2D eigenvalue weighted by molar-refractivity contribution is 0.718. The highest BCUT2D eigenvalue weighted by Gasteiger charge is 2.18. The molecule has 2 heterocycles. The Kier molecular flexibility index (Phi) is 21.2. The minimum atomic E-state index is 1.15. The third-order valence-corrected chi connectivity index (χ3v) is 10.2. The predicted octanol–water partition coefficient (Wildman–Crippen LogP) is 17.0. The van der Waals surface area contributed by atoms with Crippen LogP contribution >= 0.6 is 24.0 Å². The zero-order valence-corrected chi connectivity index (χ0v) is 36.0. The number of hydrogen-bond acceptors (Lipinski definition) is 2. The van der Waals surface area contributed by atoms with Crippen molar-refractivity contribution in [3.05, 3.63) is 114 Å². The first-order valence-electron chi connectivity index (χ1n) is 20.1. The van der Waals surface area contributed by atoms with Gasteiger partial charge in [0.2, 0.25) is 0 Å². The number of benzene rings is 5. The highest BCUT2D eigenvalue weighted by molar-refractivity contribution is 7.79. The average Bonchev–Trinajstić information content (AvgIpc) is 3.77. The topological polar surface area (TPSA) is 4.93 Å². The highest BCUT2D eigenvalue weighted by Crippen LogP contribution is 2.43. The van der Waals surface area contributed by atoms with Crippen LogP contribution in [0.5, 0.6) is 0 Å². The molecule has 7 aromatic rings. The number of allylic oxidation sites excluding steroid dienone is 2. The van der Waals surface area contributed by atoms with Crippen LogP contribution in [0.4, 0.5) is 0 Å². The molecule has 0 amide bonds. The normalized spacial score (nSPS) is 10.5. The number of aromatic nitrogens is 1. The lowest BCUT2D eigenvalue weighted by Gasteiger charge is -2.10. The van der Waals surface area contributed by atoms with Crippen molar-refractivity contribution in [2.24, 2.45) is 0 Å². The fourth-order valence-corrected chi connectivity index (χ4v) is 7.77. The van der Waals surface area contributed by atoms with Crippen molar-refractivity contribution in [2.45, 2.75) is 121 Å². The number of thiophene rings is 1. The van der Waals surface area contributed by atoms with E-state index in [9.17, 15) is 0 Å². The maximum Gasteiger partial charge on any atom is 0.0619 e. The Hall–Kier alpha value is -3.53. The van der Waals surface area contributed by atoms with E-state index < -0.39 is 0 Å². The SMILES string of the molecule is C/C=C\C.CC.CC.CC.CCCCCc1ccc2sc3c(ccc4c3ccc3c5cc(CCCCC)ccc5n(-c5ccccc5)c43)c2c1.CS. The third kappa shape index (κ3) is 10.5. The van der Waals surface area contributed by atoms with E-state index in [1.54, 1.807) is 6.26 Å². The molecule has 52 heavy (non-hydrogen) atoms. The van der Waals surface area contributed by atoms with Gasteiger partial charge >= 0.3 is 0 Å². The number of unbranched alkanes of at least 4 members (excludes halogenated alkanes) is 4. The molecule has 0 saturated carbocycles. The molecular formula is C49H67NS2. The van der Waals surface area contributed by atoms with Gasteiger partial charge < -0.3 is 4.57 Å². The van der Waals surface area contributed by atoms with Crippen LogP contribution in [0.1, 0.15) is 119 Å². The summed E-state index contributed by atoms with van der Waals surface area (Å²) in [6.07, 6.45) is 15.7. The molecule has 7 rings (SSSR count). The van der Waals surface area contributed by atoms with Crippen LogP contribution < -0.4 is 0 Å². The monoisotopic (exact) mass is 733 g/mol. The second-order valence-corrected chi connectivity index (χ2v) is 13.1. The number of hydrogen-bond donors (Lipinski definition) is 1. The molecule has 1 nitrogen and oxygen atoms in total. The summed E-state index contributed by atoms with van der Waals surface area (Å²) in [5.41, 5.74) is 6.75. The summed E-state index contributed by atoms with van der Waals surface area (Å²) in [5.74, 6) is 0. The molecule has 0 spiro atoms. The minimum absolute atomic E-state index is 1.15. The summed E-state index contributed by atoms with van der Waals surface area (Å²) >= 11 is 5.48. The smallest absolute Gasteiger partial charge is 0.0619 e. The summed E-state index contributed by atoms with van der Waals surface area (Å²) in [4.78, 5) is 0. The van der Waals surface area contributed by atoms with Crippen molar-refractivity contribution in [3.8, 4) is 5.69 Å². The van der Waals surface area contributed by atoms with Gasteiger partial charge in [-0.2, -0.15) is 12.6 Å². The van der Waals surface area contributed by atoms with Crippen LogP contribution in [-0.2, 0) is 12.8 Å². The lowest BCUT2D eigenvalue weighted by atomic mass is 10.0. The Balaban J connectivity index is 0.000000702. The van der Waals surface area contributed by atoms with Crippen molar-refractivity contribution in [2.75, 3.05) is 6.26 Å². The van der Waals surface area contributed by atoms with Gasteiger partial charge in [0.1, 0.15) is 0 Å². The summed E-state index contributed by atoms with van der Waals surface area (Å²) in [6.45, 7) is 20.6. The minimum Gasteiger partial charge on any atom is -0.309 e. The Bertz CT molecular complexity index is 2060. The molecule has 0 aliphatic carbocycles. The highest BCUT2D eigenvalue weighted by atomic mass is 32.1. The molecule has 280 valence electrons. The Morgan fingerprint density at radius 2 is 1.02 bits per heavy atom. The van der Waals surface area contributed by atoms with Gasteiger partial charge in [-0.1, -0.05) is 148 Å². The van der Waals surface area contributed by atoms with E-state index in [2.05, 4.69) is 122 Å². The molecule has 0 aliphatic rings. The zero-order valence-electron chi connectivity index (χ0n) is 34.3. The summed E-state index contributed by atoms with van der Waals surface area (Å²) in [7, 11) is 0. The van der Waals surface area contributed by atoms with Crippen molar-refractivity contribution >= 4 is 76.7 Å². The van der Waals surface area contributed by atoms with Crippen molar-refractivity contribution in [1.29, 1.82) is 0 Å². The van der Waals surface area contributed by atoms with Gasteiger partial charge in [0.25, 0.3) is 0 Å². The molecule has 0 bridgehead atoms. The molecule has 0 N–H and O–H groups in total. The maximum atomic E-state index is 3.53. The van der Waals surface area contributed by atoms with Crippen molar-refractivity contribution in [1.82, 2.24) is 4.57 Å². The summed E-state index contributed by atoms with van der Waals surface area (Å²) < 4.78 is 5.29. The van der Waals surface area contributed by atoms with Gasteiger partial charge in [0.15, 0.2) is 0 Å². The first kappa shape index (κ1) is 44.6. The van der Waals surface area contributed by atoms with Crippen molar-refractivity contribution in [3.63, 3.8) is 0 Å². The first-order chi connectivity index (χ1) is 25.7. The second-order valence-electron chi connectivity index (χ2n) is 12.0. The van der Waals surface area contributed by atoms with Crippen LogP contribution in [0.25, 0.3) is 58.4 Å². The average molecular weight is 734 g/mol. The molecule has 2 aromatic heterocycles. The quantitative estimate of drug-likeness (QED) is 0.0856. The molecule has 3 heteroatoms. The van der Waals surface area contributed by atoms with E-state index in [0.717, 1.165) is 6.42 Å². The van der Waals surface area contributed by atoms with Gasteiger partial charge in [-0.3, -0.25) is 0 Å². The number of thiol groups is 1. The fourth-order valence-electron chi connectivity index (χ4n) is 6.56. The third-order valence-electron chi connectivity index (χ3n) is 8.97. The number of para-hydroxylation sites is 1. The van der Waals surface area contributed by atoms with Crippen molar-refractivity contribution < 1.29 is 0 Å². The molecule has 0 aliphatic heterocycles. The molecule has 0 saturated heterocycles. The van der Waals surface area contributed by atoms with Crippen LogP contribution in [0.2, 0.25) is 0 Å². The molecule has 5 aromatic carbocycles. The van der Waals surface area contributed by atoms with Crippen LogP contribution in [0.3, 0.4) is 0 Å². The van der Waals surface area contributed by atoms with E-state index >= 15 is 0 Å². The Morgan fingerprint density at radius 1 is 0.538 bits per heavy atom. The fraction of sp³-hybridized carbons (Fsp3) is 0.388. The molecule has 0 fully saturated rings. The number of nitrogens with zero attached hydrogens (tertiary/aromatic N) is 1. The van der Waals surface area contributed by atoms with Gasteiger partial charge in [0, 0.05) is 47.4 Å². The maximum absolute atomic E-state index is 3.53. The molecule has 0 unspecified atom stereocenters. The number of rotatable bonds is 9. The van der Waals surface area contributed by atoms with E-state index in [0.29, 0.717) is 0 Å². The van der Waals surface area contributed by atoms with Crippen LogP contribution in [-0.4, -0.2) is 10.8 Å². The molecular weight excluding hydrogens is 667 g/mol. The van der Waals surface area contributed by atoms with E-state index in [1.165, 1.54) is 115 Å². The van der Waals surface area contributed by atoms with E-state index in [-0.39, 0.29) is 0 Å². The van der Waals surface area contributed by atoms with Crippen LogP contribution in [0, 0.1) is 0 Å². The number of fused-ring (bicyclic) bond motifs is 9. The second kappa shape index (κ2) is 24.7. The largest absolute Gasteiger partial charge is 0.309 e. The summed E-state index contributed by atoms with van der Waals surface area (Å²) in [5, 5.41) is 8.22. The standard InChI is InChI=1S/C38H37NS.C4H8.3C2H6.CH4S/c1-3-5-8-12-26-16-22-35-33(24-26)30-19-20-31-29(37(30)39(35)28-14-10-7-11-15-28)18-21-32-34-25-27(13-9-6-4-2)17-23-36(34)40-38(31)32;1-3-4-2;4*1-2/h7,10-11,14-25H,3-6,8-9,12-13H2,1-2H3;3-4H,1-2H3;3*1-2H3;2H,1H3/b;4-3-;;;;. The zero-order chi connectivity index (χ0) is 38.5. The van der Waals surface area contributed by atoms with Crippen LogP contribution in [0.15, 0.2) is 103 Å². The molecule has 0 atom stereocenters. The Morgan fingerprint density at radius 3 is 1.56 bits per heavy atom. The van der Waals surface area contributed by atoms with Gasteiger partial charge in [-0.25, -0.2) is 0 Å².